The summed E-state index contributed by atoms with van der Waals surface area (Å²) < 4.78 is 28.4. The van der Waals surface area contributed by atoms with E-state index in [1.807, 2.05) is 32.9 Å². The summed E-state index contributed by atoms with van der Waals surface area (Å²) in [6, 6.07) is 9.88. The minimum atomic E-state index is -0.936. The molecule has 3 aromatic rings. The molecule has 6 heteroatoms. The molecule has 1 N–H and O–H groups in total. The maximum Gasteiger partial charge on any atom is 0.310 e. The number of aryl methyl sites for hydroxylation is 3. The van der Waals surface area contributed by atoms with Crippen molar-refractivity contribution in [3.63, 3.8) is 0 Å². The number of benzene rings is 2. The van der Waals surface area contributed by atoms with Crippen LogP contribution in [-0.4, -0.2) is 9.55 Å². The summed E-state index contributed by atoms with van der Waals surface area (Å²) in [5, 5.41) is 3.12. The second-order valence-electron chi connectivity index (χ2n) is 6.35. The molecule has 0 aliphatic carbocycles. The Balaban J connectivity index is 2.01. The summed E-state index contributed by atoms with van der Waals surface area (Å²) in [4.78, 5) is 15.5. The van der Waals surface area contributed by atoms with E-state index in [4.69, 9.17) is 0 Å². The number of nitrogens with zero attached hydrogens (tertiary/aromatic N) is 2. The minimum absolute atomic E-state index is 0.229. The average molecular weight is 355 g/mol. The lowest BCUT2D eigenvalue weighted by atomic mass is 10.1. The van der Waals surface area contributed by atoms with Crippen molar-refractivity contribution in [2.24, 2.45) is 0 Å². The SMILES string of the molecule is Cc1cc(C)c(Nc2nc(=O)c(F)cn2Cc2ccc(F)cc2)cc1C. The molecule has 0 aliphatic rings. The lowest BCUT2D eigenvalue weighted by molar-refractivity contribution is 0.578. The van der Waals surface area contributed by atoms with E-state index >= 15 is 0 Å². The van der Waals surface area contributed by atoms with Crippen LogP contribution < -0.4 is 10.9 Å². The maximum atomic E-state index is 13.8. The molecule has 26 heavy (non-hydrogen) atoms. The Hall–Kier alpha value is -3.02. The number of anilines is 2. The molecular formula is C20H19F2N3O. The molecular weight excluding hydrogens is 336 g/mol. The third kappa shape index (κ3) is 3.79. The molecule has 2 aromatic carbocycles. The van der Waals surface area contributed by atoms with E-state index in [1.165, 1.54) is 16.7 Å². The quantitative estimate of drug-likeness (QED) is 0.761. The van der Waals surface area contributed by atoms with Crippen molar-refractivity contribution in [1.29, 1.82) is 0 Å². The van der Waals surface area contributed by atoms with Gasteiger partial charge in [-0.3, -0.25) is 4.79 Å². The highest BCUT2D eigenvalue weighted by atomic mass is 19.1. The summed E-state index contributed by atoms with van der Waals surface area (Å²) >= 11 is 0. The van der Waals surface area contributed by atoms with Crippen molar-refractivity contribution in [1.82, 2.24) is 9.55 Å². The van der Waals surface area contributed by atoms with Crippen LogP contribution in [0.5, 0.6) is 0 Å². The first-order chi connectivity index (χ1) is 12.3. The highest BCUT2D eigenvalue weighted by Crippen LogP contribution is 2.23. The van der Waals surface area contributed by atoms with Gasteiger partial charge in [-0.05, 0) is 61.2 Å². The number of rotatable bonds is 4. The van der Waals surface area contributed by atoms with E-state index in [0.29, 0.717) is 0 Å². The van der Waals surface area contributed by atoms with Crippen molar-refractivity contribution < 1.29 is 8.78 Å². The second-order valence-corrected chi connectivity index (χ2v) is 6.35. The molecule has 0 saturated heterocycles. The Bertz CT molecular complexity index is 1010. The fourth-order valence-electron chi connectivity index (χ4n) is 2.69. The predicted octanol–water partition coefficient (Wildman–Crippen LogP) is 4.24. The molecule has 0 amide bonds. The molecule has 0 aliphatic heterocycles. The molecule has 0 bridgehead atoms. The van der Waals surface area contributed by atoms with Crippen molar-refractivity contribution >= 4 is 11.6 Å². The maximum absolute atomic E-state index is 13.8. The van der Waals surface area contributed by atoms with Gasteiger partial charge in [-0.25, -0.2) is 4.39 Å². The first kappa shape index (κ1) is 17.8. The number of hydrogen-bond donors (Lipinski definition) is 1. The van der Waals surface area contributed by atoms with Crippen LogP contribution >= 0.6 is 0 Å². The summed E-state index contributed by atoms with van der Waals surface area (Å²) in [5.41, 5.74) is 3.86. The monoisotopic (exact) mass is 355 g/mol. The average Bonchev–Trinajstić information content (AvgIpc) is 2.59. The van der Waals surface area contributed by atoms with Gasteiger partial charge in [0, 0.05) is 11.9 Å². The lowest BCUT2D eigenvalue weighted by Crippen LogP contribution is -2.20. The lowest BCUT2D eigenvalue weighted by Gasteiger charge is -2.16. The molecule has 1 aromatic heterocycles. The zero-order valence-corrected chi connectivity index (χ0v) is 14.8. The molecule has 3 rings (SSSR count). The number of hydrogen-bond acceptors (Lipinski definition) is 3. The van der Waals surface area contributed by atoms with E-state index in [9.17, 15) is 13.6 Å². The number of nitrogens with one attached hydrogen (secondary N) is 1. The van der Waals surface area contributed by atoms with Gasteiger partial charge in [-0.15, -0.1) is 0 Å². The van der Waals surface area contributed by atoms with Crippen LogP contribution in [0.1, 0.15) is 22.3 Å². The summed E-state index contributed by atoms with van der Waals surface area (Å²) in [6.45, 7) is 6.20. The first-order valence-corrected chi connectivity index (χ1v) is 8.20. The first-order valence-electron chi connectivity index (χ1n) is 8.20. The highest BCUT2D eigenvalue weighted by Gasteiger charge is 2.11. The molecule has 134 valence electrons. The van der Waals surface area contributed by atoms with Crippen LogP contribution in [0.3, 0.4) is 0 Å². The minimum Gasteiger partial charge on any atom is -0.325 e. The summed E-state index contributed by atoms with van der Waals surface area (Å²) in [5.74, 6) is -1.05. The normalized spacial score (nSPS) is 10.8. The van der Waals surface area contributed by atoms with Crippen molar-refractivity contribution in [3.8, 4) is 0 Å². The topological polar surface area (TPSA) is 46.9 Å². The molecule has 0 fully saturated rings. The second kappa shape index (κ2) is 7.07. The van der Waals surface area contributed by atoms with Gasteiger partial charge in [0.1, 0.15) is 5.82 Å². The van der Waals surface area contributed by atoms with Gasteiger partial charge in [-0.1, -0.05) is 18.2 Å². The molecule has 0 saturated carbocycles. The van der Waals surface area contributed by atoms with Crippen LogP contribution in [0.15, 0.2) is 47.4 Å². The van der Waals surface area contributed by atoms with Gasteiger partial charge in [0.15, 0.2) is 0 Å². The Morgan fingerprint density at radius 2 is 1.65 bits per heavy atom. The van der Waals surface area contributed by atoms with Gasteiger partial charge in [0.25, 0.3) is 0 Å². The standard InChI is InChI=1S/C20H19F2N3O/c1-12-8-14(3)18(9-13(12)2)23-20-24-19(26)17(22)11-25(20)10-15-4-6-16(21)7-5-15/h4-9,11H,10H2,1-3H3,(H,23,24,26). The van der Waals surface area contributed by atoms with Gasteiger partial charge in [-0.2, -0.15) is 9.37 Å². The summed E-state index contributed by atoms with van der Waals surface area (Å²) in [6.07, 6.45) is 1.11. The largest absolute Gasteiger partial charge is 0.325 e. The van der Waals surface area contributed by atoms with Gasteiger partial charge < -0.3 is 9.88 Å². The highest BCUT2D eigenvalue weighted by molar-refractivity contribution is 5.61. The molecule has 0 spiro atoms. The van der Waals surface area contributed by atoms with Gasteiger partial charge in [0.2, 0.25) is 11.8 Å². The van der Waals surface area contributed by atoms with E-state index < -0.39 is 11.4 Å². The van der Waals surface area contributed by atoms with E-state index in [2.05, 4.69) is 10.3 Å². The fourth-order valence-corrected chi connectivity index (χ4v) is 2.69. The van der Waals surface area contributed by atoms with Crippen molar-refractivity contribution in [3.05, 3.63) is 86.8 Å². The fraction of sp³-hybridized carbons (Fsp3) is 0.200. The van der Waals surface area contributed by atoms with Crippen LogP contribution in [0.4, 0.5) is 20.4 Å². The third-order valence-corrected chi connectivity index (χ3v) is 4.31. The van der Waals surface area contributed by atoms with Crippen molar-refractivity contribution in [2.45, 2.75) is 27.3 Å². The van der Waals surface area contributed by atoms with E-state index in [0.717, 1.165) is 34.1 Å². The summed E-state index contributed by atoms with van der Waals surface area (Å²) in [7, 11) is 0. The van der Waals surface area contributed by atoms with Crippen LogP contribution in [0.2, 0.25) is 0 Å². The molecule has 4 nitrogen and oxygen atoms in total. The van der Waals surface area contributed by atoms with Crippen molar-refractivity contribution in [2.75, 3.05) is 5.32 Å². The molecule has 1 heterocycles. The smallest absolute Gasteiger partial charge is 0.310 e. The third-order valence-electron chi connectivity index (χ3n) is 4.31. The number of halogens is 2. The Kier molecular flexibility index (Phi) is 4.84. The molecule has 0 atom stereocenters. The molecule has 0 unspecified atom stereocenters. The van der Waals surface area contributed by atoms with Crippen LogP contribution in [0.25, 0.3) is 0 Å². The van der Waals surface area contributed by atoms with E-state index in [-0.39, 0.29) is 18.3 Å². The van der Waals surface area contributed by atoms with E-state index in [1.54, 1.807) is 12.1 Å². The van der Waals surface area contributed by atoms with Crippen LogP contribution in [-0.2, 0) is 6.54 Å². The Labute approximate surface area is 150 Å². The van der Waals surface area contributed by atoms with Crippen LogP contribution in [0, 0.1) is 32.4 Å². The molecule has 0 radical (unpaired) electrons. The number of aromatic nitrogens is 2. The zero-order chi connectivity index (χ0) is 18.8. The Morgan fingerprint density at radius 3 is 2.35 bits per heavy atom. The van der Waals surface area contributed by atoms with Gasteiger partial charge in [0.05, 0.1) is 6.54 Å². The Morgan fingerprint density at radius 1 is 1.00 bits per heavy atom. The predicted molar refractivity (Wildman–Crippen MR) is 97.9 cm³/mol. The zero-order valence-electron chi connectivity index (χ0n) is 14.8. The van der Waals surface area contributed by atoms with Gasteiger partial charge >= 0.3 is 5.56 Å².